The van der Waals surface area contributed by atoms with E-state index in [0.29, 0.717) is 0 Å². The Kier molecular flexibility index (Phi) is 4.79. The maximum Gasteiger partial charge on any atom is 0.254 e. The van der Waals surface area contributed by atoms with Crippen molar-refractivity contribution in [3.05, 3.63) is 65.5 Å². The van der Waals surface area contributed by atoms with Gasteiger partial charge in [0.25, 0.3) is 5.91 Å². The van der Waals surface area contributed by atoms with E-state index in [9.17, 15) is 4.79 Å². The van der Waals surface area contributed by atoms with Gasteiger partial charge in [0.2, 0.25) is 0 Å². The monoisotopic (exact) mass is 335 g/mol. The molecule has 0 radical (unpaired) electrons. The number of likely N-dealkylation sites (tertiary alicyclic amines) is 2. The fourth-order valence-corrected chi connectivity index (χ4v) is 4.06. The van der Waals surface area contributed by atoms with Crippen LogP contribution in [0.5, 0.6) is 0 Å². The Hall–Kier alpha value is -2.20. The van der Waals surface area contributed by atoms with Gasteiger partial charge in [-0.1, -0.05) is 18.2 Å². The van der Waals surface area contributed by atoms with Gasteiger partial charge < -0.3 is 4.90 Å². The SMILES string of the molecule is O=C(c1cccc(CN2CCCC2)c1)N1CCC[C@@H]1c1ccccn1. The van der Waals surface area contributed by atoms with Gasteiger partial charge in [-0.25, -0.2) is 0 Å². The molecule has 2 fully saturated rings. The molecule has 1 aromatic carbocycles. The van der Waals surface area contributed by atoms with E-state index in [1.165, 1.54) is 31.5 Å². The predicted octanol–water partition coefficient (Wildman–Crippen LogP) is 3.65. The molecule has 1 atom stereocenters. The molecule has 2 saturated heterocycles. The Morgan fingerprint density at radius 2 is 1.92 bits per heavy atom. The summed E-state index contributed by atoms with van der Waals surface area (Å²) in [5, 5.41) is 0. The molecule has 0 N–H and O–H groups in total. The molecule has 1 amide bonds. The van der Waals surface area contributed by atoms with Crippen molar-refractivity contribution in [2.45, 2.75) is 38.3 Å². The van der Waals surface area contributed by atoms with Crippen molar-refractivity contribution in [2.24, 2.45) is 0 Å². The number of hydrogen-bond donors (Lipinski definition) is 0. The molecular formula is C21H25N3O. The molecular weight excluding hydrogens is 310 g/mol. The van der Waals surface area contributed by atoms with E-state index in [1.807, 2.05) is 41.4 Å². The molecule has 3 heterocycles. The Bertz CT molecular complexity index is 725. The third kappa shape index (κ3) is 3.59. The van der Waals surface area contributed by atoms with Crippen molar-refractivity contribution >= 4 is 5.91 Å². The van der Waals surface area contributed by atoms with Crippen molar-refractivity contribution in [3.63, 3.8) is 0 Å². The third-order valence-electron chi connectivity index (χ3n) is 5.32. The minimum absolute atomic E-state index is 0.107. The number of benzene rings is 1. The Balaban J connectivity index is 1.51. The number of carbonyl (C=O) groups excluding carboxylic acids is 1. The molecule has 25 heavy (non-hydrogen) atoms. The highest BCUT2D eigenvalue weighted by atomic mass is 16.2. The van der Waals surface area contributed by atoms with E-state index in [2.05, 4.69) is 22.0 Å². The molecule has 2 aromatic rings. The van der Waals surface area contributed by atoms with Gasteiger partial charge in [0.1, 0.15) is 0 Å². The largest absolute Gasteiger partial charge is 0.330 e. The standard InChI is InChI=1S/C21H25N3O/c25-21(24-14-6-10-20(24)19-9-1-2-11-22-19)18-8-5-7-17(15-18)16-23-12-3-4-13-23/h1-2,5,7-9,11,15,20H,3-4,6,10,12-14,16H2/t20-/m1/s1. The van der Waals surface area contributed by atoms with Crippen LogP contribution in [0.4, 0.5) is 0 Å². The molecule has 0 saturated carbocycles. The molecule has 0 spiro atoms. The third-order valence-corrected chi connectivity index (χ3v) is 5.32. The van der Waals surface area contributed by atoms with E-state index in [-0.39, 0.29) is 11.9 Å². The molecule has 2 aliphatic heterocycles. The summed E-state index contributed by atoms with van der Waals surface area (Å²) in [5.41, 5.74) is 3.04. The van der Waals surface area contributed by atoms with E-state index < -0.39 is 0 Å². The summed E-state index contributed by atoms with van der Waals surface area (Å²) in [6, 6.07) is 14.2. The zero-order valence-corrected chi connectivity index (χ0v) is 14.6. The fraction of sp³-hybridized carbons (Fsp3) is 0.429. The van der Waals surface area contributed by atoms with Crippen LogP contribution in [0.3, 0.4) is 0 Å². The van der Waals surface area contributed by atoms with Crippen LogP contribution in [0.2, 0.25) is 0 Å². The lowest BCUT2D eigenvalue weighted by atomic mass is 10.1. The average Bonchev–Trinajstić information content (AvgIpc) is 3.34. The molecule has 4 nitrogen and oxygen atoms in total. The van der Waals surface area contributed by atoms with Gasteiger partial charge >= 0.3 is 0 Å². The topological polar surface area (TPSA) is 36.4 Å². The first kappa shape index (κ1) is 16.3. The predicted molar refractivity (Wildman–Crippen MR) is 98.2 cm³/mol. The van der Waals surface area contributed by atoms with E-state index >= 15 is 0 Å². The Morgan fingerprint density at radius 1 is 1.04 bits per heavy atom. The number of pyridine rings is 1. The van der Waals surface area contributed by atoms with Crippen LogP contribution in [-0.2, 0) is 6.54 Å². The lowest BCUT2D eigenvalue weighted by Crippen LogP contribution is -2.31. The molecule has 0 bridgehead atoms. The van der Waals surface area contributed by atoms with Crippen molar-refractivity contribution in [3.8, 4) is 0 Å². The maximum atomic E-state index is 13.1. The van der Waals surface area contributed by atoms with Gasteiger partial charge in [0, 0.05) is 24.8 Å². The molecule has 130 valence electrons. The average molecular weight is 335 g/mol. The lowest BCUT2D eigenvalue weighted by Gasteiger charge is -2.24. The van der Waals surface area contributed by atoms with Crippen molar-refractivity contribution in [1.82, 2.24) is 14.8 Å². The summed E-state index contributed by atoms with van der Waals surface area (Å²) < 4.78 is 0. The summed E-state index contributed by atoms with van der Waals surface area (Å²) in [6.07, 6.45) is 6.43. The molecule has 4 rings (SSSR count). The smallest absolute Gasteiger partial charge is 0.254 e. The lowest BCUT2D eigenvalue weighted by molar-refractivity contribution is 0.0732. The molecule has 1 aromatic heterocycles. The van der Waals surface area contributed by atoms with Crippen molar-refractivity contribution in [2.75, 3.05) is 19.6 Å². The van der Waals surface area contributed by atoms with E-state index in [4.69, 9.17) is 0 Å². The van der Waals surface area contributed by atoms with E-state index in [0.717, 1.165) is 37.2 Å². The Morgan fingerprint density at radius 3 is 2.72 bits per heavy atom. The normalized spacial score (nSPS) is 21.0. The number of carbonyl (C=O) groups is 1. The second-order valence-corrected chi connectivity index (χ2v) is 7.09. The summed E-state index contributed by atoms with van der Waals surface area (Å²) in [5.74, 6) is 0.136. The molecule has 2 aliphatic rings. The van der Waals surface area contributed by atoms with Crippen LogP contribution >= 0.6 is 0 Å². The molecule has 4 heteroatoms. The highest BCUT2D eigenvalue weighted by Gasteiger charge is 2.31. The molecule has 0 unspecified atom stereocenters. The van der Waals surface area contributed by atoms with Gasteiger partial charge in [-0.3, -0.25) is 14.7 Å². The summed E-state index contributed by atoms with van der Waals surface area (Å²) in [4.78, 5) is 22.0. The van der Waals surface area contributed by atoms with Crippen LogP contribution in [-0.4, -0.2) is 40.3 Å². The minimum Gasteiger partial charge on any atom is -0.330 e. The quantitative estimate of drug-likeness (QED) is 0.856. The van der Waals surface area contributed by atoms with Crippen LogP contribution < -0.4 is 0 Å². The number of nitrogens with zero attached hydrogens (tertiary/aromatic N) is 3. The van der Waals surface area contributed by atoms with Crippen LogP contribution in [0.25, 0.3) is 0 Å². The number of amides is 1. The number of aromatic nitrogens is 1. The first-order chi connectivity index (χ1) is 12.3. The van der Waals surface area contributed by atoms with Gasteiger partial charge in [0.05, 0.1) is 11.7 Å². The number of rotatable bonds is 4. The van der Waals surface area contributed by atoms with Crippen LogP contribution in [0.1, 0.15) is 53.3 Å². The van der Waals surface area contributed by atoms with Crippen molar-refractivity contribution < 1.29 is 4.79 Å². The van der Waals surface area contributed by atoms with Gasteiger partial charge in [-0.15, -0.1) is 0 Å². The highest BCUT2D eigenvalue weighted by molar-refractivity contribution is 5.94. The van der Waals surface area contributed by atoms with Gasteiger partial charge in [-0.2, -0.15) is 0 Å². The second kappa shape index (κ2) is 7.36. The number of hydrogen-bond acceptors (Lipinski definition) is 3. The summed E-state index contributed by atoms with van der Waals surface area (Å²) in [6.45, 7) is 4.11. The first-order valence-electron chi connectivity index (χ1n) is 9.34. The Labute approximate surface area is 149 Å². The summed E-state index contributed by atoms with van der Waals surface area (Å²) >= 11 is 0. The molecule has 0 aliphatic carbocycles. The summed E-state index contributed by atoms with van der Waals surface area (Å²) in [7, 11) is 0. The van der Waals surface area contributed by atoms with Crippen LogP contribution in [0, 0.1) is 0 Å². The second-order valence-electron chi connectivity index (χ2n) is 7.09. The van der Waals surface area contributed by atoms with E-state index in [1.54, 1.807) is 0 Å². The van der Waals surface area contributed by atoms with Gasteiger partial charge in [0.15, 0.2) is 0 Å². The minimum atomic E-state index is 0.107. The zero-order chi connectivity index (χ0) is 17.1. The zero-order valence-electron chi connectivity index (χ0n) is 14.6. The van der Waals surface area contributed by atoms with Crippen LogP contribution in [0.15, 0.2) is 48.7 Å². The maximum absolute atomic E-state index is 13.1. The highest BCUT2D eigenvalue weighted by Crippen LogP contribution is 2.32. The fourth-order valence-electron chi connectivity index (χ4n) is 4.06. The van der Waals surface area contributed by atoms with Crippen molar-refractivity contribution in [1.29, 1.82) is 0 Å². The van der Waals surface area contributed by atoms with Gasteiger partial charge in [-0.05, 0) is 68.6 Å². The first-order valence-corrected chi connectivity index (χ1v) is 9.34.